The summed E-state index contributed by atoms with van der Waals surface area (Å²) in [4.78, 5) is 30.5. The average molecular weight is 566 g/mol. The predicted octanol–water partition coefficient (Wildman–Crippen LogP) is 3.77. The summed E-state index contributed by atoms with van der Waals surface area (Å²) in [7, 11) is 1.70. The Balaban J connectivity index is 0.00000480. The first-order valence-corrected chi connectivity index (χ1v) is 10.5. The monoisotopic (exact) mass is 565 g/mol. The second-order valence-corrected chi connectivity index (χ2v) is 8.67. The lowest BCUT2D eigenvalue weighted by Gasteiger charge is -2.23. The Hall–Kier alpha value is -1.75. The fourth-order valence-corrected chi connectivity index (χ4v) is 3.29. The number of likely N-dealkylation sites (tertiary alicyclic amines) is 1. The van der Waals surface area contributed by atoms with E-state index in [4.69, 9.17) is 16.3 Å². The SMILES string of the molecule is CN=C(NCCC(=O)Nc1cccc(Cl)c1C)N1CCC(NC(=O)OC(C)(C)C)C1.I. The van der Waals surface area contributed by atoms with Gasteiger partial charge in [-0.15, -0.1) is 24.0 Å². The molecule has 1 aliphatic rings. The Labute approximate surface area is 206 Å². The lowest BCUT2D eigenvalue weighted by atomic mass is 10.2. The highest BCUT2D eigenvalue weighted by molar-refractivity contribution is 14.0. The Bertz CT molecular complexity index is 798. The molecular weight excluding hydrogens is 533 g/mol. The summed E-state index contributed by atoms with van der Waals surface area (Å²) in [6.07, 6.45) is 0.678. The Morgan fingerprint density at radius 3 is 2.68 bits per heavy atom. The van der Waals surface area contributed by atoms with Crippen molar-refractivity contribution in [1.82, 2.24) is 15.5 Å². The fourth-order valence-electron chi connectivity index (χ4n) is 3.12. The summed E-state index contributed by atoms with van der Waals surface area (Å²) >= 11 is 6.09. The lowest BCUT2D eigenvalue weighted by molar-refractivity contribution is -0.116. The second kappa shape index (κ2) is 12.3. The van der Waals surface area contributed by atoms with Gasteiger partial charge in [-0.25, -0.2) is 4.79 Å². The van der Waals surface area contributed by atoms with E-state index in [0.29, 0.717) is 36.2 Å². The second-order valence-electron chi connectivity index (χ2n) is 8.26. The van der Waals surface area contributed by atoms with Crippen molar-refractivity contribution in [3.05, 3.63) is 28.8 Å². The number of aliphatic imine (C=N–C) groups is 1. The molecule has 1 aromatic carbocycles. The highest BCUT2D eigenvalue weighted by Gasteiger charge is 2.27. The first-order chi connectivity index (χ1) is 14.1. The van der Waals surface area contributed by atoms with Crippen molar-refractivity contribution in [1.29, 1.82) is 0 Å². The van der Waals surface area contributed by atoms with Gasteiger partial charge in [0.25, 0.3) is 0 Å². The van der Waals surface area contributed by atoms with E-state index in [2.05, 4.69) is 25.8 Å². The number of benzene rings is 1. The smallest absolute Gasteiger partial charge is 0.407 e. The van der Waals surface area contributed by atoms with Gasteiger partial charge in [0, 0.05) is 43.8 Å². The number of amides is 2. The zero-order valence-corrected chi connectivity index (χ0v) is 21.8. The molecule has 0 aliphatic carbocycles. The minimum atomic E-state index is -0.524. The van der Waals surface area contributed by atoms with Crippen LogP contribution in [0.25, 0.3) is 0 Å². The molecule has 0 spiro atoms. The first-order valence-electron chi connectivity index (χ1n) is 10.1. The van der Waals surface area contributed by atoms with Crippen LogP contribution in [0.1, 0.15) is 39.2 Å². The number of carbonyl (C=O) groups is 2. The lowest BCUT2D eigenvalue weighted by Crippen LogP contribution is -2.44. The Morgan fingerprint density at radius 2 is 2.03 bits per heavy atom. The molecule has 31 heavy (non-hydrogen) atoms. The highest BCUT2D eigenvalue weighted by atomic mass is 127. The van der Waals surface area contributed by atoms with E-state index in [-0.39, 0.29) is 35.9 Å². The molecule has 0 aromatic heterocycles. The number of anilines is 1. The third-order valence-electron chi connectivity index (χ3n) is 4.60. The van der Waals surface area contributed by atoms with Gasteiger partial charge < -0.3 is 25.6 Å². The zero-order valence-electron chi connectivity index (χ0n) is 18.8. The molecule has 1 aliphatic heterocycles. The molecule has 0 bridgehead atoms. The number of ether oxygens (including phenoxy) is 1. The van der Waals surface area contributed by atoms with Gasteiger partial charge in [0.15, 0.2) is 5.96 Å². The van der Waals surface area contributed by atoms with Gasteiger partial charge in [0.2, 0.25) is 5.91 Å². The van der Waals surface area contributed by atoms with Crippen molar-refractivity contribution in [2.75, 3.05) is 32.0 Å². The highest BCUT2D eigenvalue weighted by Crippen LogP contribution is 2.22. The number of rotatable bonds is 5. The van der Waals surface area contributed by atoms with Crippen LogP contribution in [0.15, 0.2) is 23.2 Å². The summed E-state index contributed by atoms with van der Waals surface area (Å²) in [6.45, 7) is 9.21. The van der Waals surface area contributed by atoms with Gasteiger partial charge in [-0.1, -0.05) is 17.7 Å². The quantitative estimate of drug-likeness (QED) is 0.287. The van der Waals surface area contributed by atoms with Crippen LogP contribution in [-0.2, 0) is 9.53 Å². The van der Waals surface area contributed by atoms with E-state index in [1.165, 1.54) is 0 Å². The molecule has 174 valence electrons. The van der Waals surface area contributed by atoms with Gasteiger partial charge in [-0.2, -0.15) is 0 Å². The summed E-state index contributed by atoms with van der Waals surface area (Å²) < 4.78 is 5.31. The van der Waals surface area contributed by atoms with Crippen LogP contribution >= 0.6 is 35.6 Å². The van der Waals surface area contributed by atoms with Crippen molar-refractivity contribution in [2.24, 2.45) is 4.99 Å². The molecule has 0 saturated carbocycles. The number of hydrogen-bond donors (Lipinski definition) is 3. The minimum Gasteiger partial charge on any atom is -0.444 e. The average Bonchev–Trinajstić information content (AvgIpc) is 3.09. The number of halogens is 2. The number of hydrogen-bond acceptors (Lipinski definition) is 4. The molecular formula is C21H33ClIN5O3. The number of alkyl carbamates (subject to hydrolysis) is 1. The van der Waals surface area contributed by atoms with Crippen molar-refractivity contribution in [2.45, 2.75) is 52.2 Å². The predicted molar refractivity (Wildman–Crippen MR) is 136 cm³/mol. The fraction of sp³-hybridized carbons (Fsp3) is 0.571. The van der Waals surface area contributed by atoms with Crippen LogP contribution in [0.4, 0.5) is 10.5 Å². The molecule has 2 amide bonds. The molecule has 1 unspecified atom stereocenters. The van der Waals surface area contributed by atoms with Gasteiger partial charge in [-0.3, -0.25) is 9.79 Å². The Morgan fingerprint density at radius 1 is 1.32 bits per heavy atom. The van der Waals surface area contributed by atoms with E-state index in [1.54, 1.807) is 19.2 Å². The van der Waals surface area contributed by atoms with Crippen LogP contribution in [0.2, 0.25) is 5.02 Å². The maximum Gasteiger partial charge on any atom is 0.407 e. The topological polar surface area (TPSA) is 95.1 Å². The molecule has 2 rings (SSSR count). The van der Waals surface area contributed by atoms with Gasteiger partial charge in [0.1, 0.15) is 5.60 Å². The molecule has 1 heterocycles. The normalized spacial score (nSPS) is 16.4. The summed E-state index contributed by atoms with van der Waals surface area (Å²) in [6, 6.07) is 5.42. The largest absolute Gasteiger partial charge is 0.444 e. The van der Waals surface area contributed by atoms with Crippen LogP contribution in [0, 0.1) is 6.92 Å². The first kappa shape index (κ1) is 27.3. The van der Waals surface area contributed by atoms with Gasteiger partial charge in [-0.05, 0) is 51.8 Å². The maximum absolute atomic E-state index is 12.2. The van der Waals surface area contributed by atoms with Crippen LogP contribution < -0.4 is 16.0 Å². The van der Waals surface area contributed by atoms with Crippen molar-refractivity contribution in [3.8, 4) is 0 Å². The summed E-state index contributed by atoms with van der Waals surface area (Å²) in [5.74, 6) is 0.601. The van der Waals surface area contributed by atoms with Gasteiger partial charge >= 0.3 is 6.09 Å². The Kier molecular flexibility index (Phi) is 10.9. The number of carbonyl (C=O) groups excluding carboxylic acids is 2. The van der Waals surface area contributed by atoms with Crippen LogP contribution in [0.5, 0.6) is 0 Å². The van der Waals surface area contributed by atoms with Crippen molar-refractivity contribution < 1.29 is 14.3 Å². The molecule has 1 fully saturated rings. The van der Waals surface area contributed by atoms with Crippen LogP contribution in [0.3, 0.4) is 0 Å². The standard InChI is InChI=1S/C21H32ClN5O3.HI/c1-14-16(22)7-6-8-17(14)26-18(28)9-11-24-19(23-5)27-12-10-15(13-27)25-20(29)30-21(2,3)4;/h6-8,15H,9-13H2,1-5H3,(H,23,24)(H,25,29)(H,26,28);1H. The van der Waals surface area contributed by atoms with E-state index >= 15 is 0 Å². The van der Waals surface area contributed by atoms with E-state index in [0.717, 1.165) is 18.5 Å². The number of nitrogens with zero attached hydrogens (tertiary/aromatic N) is 2. The summed E-state index contributed by atoms with van der Waals surface area (Å²) in [5.41, 5.74) is 1.04. The summed E-state index contributed by atoms with van der Waals surface area (Å²) in [5, 5.41) is 9.61. The molecule has 1 aromatic rings. The van der Waals surface area contributed by atoms with E-state index in [1.807, 2.05) is 33.8 Å². The molecule has 10 heteroatoms. The molecule has 1 atom stereocenters. The molecule has 3 N–H and O–H groups in total. The molecule has 0 radical (unpaired) electrons. The van der Waals surface area contributed by atoms with Crippen molar-refractivity contribution >= 4 is 59.2 Å². The minimum absolute atomic E-state index is 0. The number of guanidine groups is 1. The van der Waals surface area contributed by atoms with E-state index < -0.39 is 11.7 Å². The number of nitrogens with one attached hydrogen (secondary N) is 3. The maximum atomic E-state index is 12.2. The third kappa shape index (κ3) is 9.10. The molecule has 1 saturated heterocycles. The molecule has 8 nitrogen and oxygen atoms in total. The third-order valence-corrected chi connectivity index (χ3v) is 5.01. The zero-order chi connectivity index (χ0) is 22.3. The van der Waals surface area contributed by atoms with Crippen LogP contribution in [-0.4, -0.2) is 61.2 Å². The van der Waals surface area contributed by atoms with Crippen molar-refractivity contribution in [3.63, 3.8) is 0 Å². The van der Waals surface area contributed by atoms with Gasteiger partial charge in [0.05, 0.1) is 6.04 Å². The van der Waals surface area contributed by atoms with E-state index in [9.17, 15) is 9.59 Å².